The lowest BCUT2D eigenvalue weighted by Gasteiger charge is -2.52. The molecule has 0 radical (unpaired) electrons. The van der Waals surface area contributed by atoms with Gasteiger partial charge in [-0.3, -0.25) is 14.5 Å². The Kier molecular flexibility index (Phi) is 12.3. The molecule has 11 heteroatoms. The van der Waals surface area contributed by atoms with E-state index < -0.39 is 23.7 Å². The van der Waals surface area contributed by atoms with Crippen LogP contribution in [-0.4, -0.2) is 82.2 Å². The van der Waals surface area contributed by atoms with E-state index in [1.807, 2.05) is 29.2 Å². The van der Waals surface area contributed by atoms with Crippen LogP contribution >= 0.6 is 12.4 Å². The molecule has 2 amide bonds. The highest BCUT2D eigenvalue weighted by atomic mass is 35.5. The van der Waals surface area contributed by atoms with E-state index in [9.17, 15) is 24.6 Å². The number of rotatable bonds is 12. The van der Waals surface area contributed by atoms with E-state index >= 15 is 0 Å². The molecular weight excluding hydrogens is 610 g/mol. The third-order valence-corrected chi connectivity index (χ3v) is 9.91. The van der Waals surface area contributed by atoms with Gasteiger partial charge in [0.05, 0.1) is 18.8 Å². The Bertz CT molecular complexity index is 1340. The number of ether oxygens (including phenoxy) is 2. The average Bonchev–Trinajstić information content (AvgIpc) is 3.07. The number of unbranched alkanes of at least 4 members (excludes halogenated alkanes) is 1. The number of carboxylic acid groups (broad SMARTS) is 1. The van der Waals surface area contributed by atoms with E-state index in [0.717, 1.165) is 56.1 Å². The highest BCUT2D eigenvalue weighted by Gasteiger charge is 2.55. The second kappa shape index (κ2) is 16.0. The summed E-state index contributed by atoms with van der Waals surface area (Å²) >= 11 is 0. The molecule has 2 aliphatic heterocycles. The number of halogens is 1. The predicted octanol–water partition coefficient (Wildman–Crippen LogP) is 4.80. The maximum Gasteiger partial charge on any atom is 0.335 e. The van der Waals surface area contributed by atoms with Gasteiger partial charge in [-0.15, -0.1) is 12.4 Å². The fourth-order valence-electron chi connectivity index (χ4n) is 7.14. The van der Waals surface area contributed by atoms with Crippen LogP contribution < -0.4 is 14.8 Å². The van der Waals surface area contributed by atoms with Gasteiger partial charge in [0.2, 0.25) is 11.8 Å². The van der Waals surface area contributed by atoms with Crippen LogP contribution in [0.15, 0.2) is 42.5 Å². The number of carboxylic acids is 1. The Morgan fingerprint density at radius 1 is 1.07 bits per heavy atom. The van der Waals surface area contributed by atoms with Gasteiger partial charge in [-0.05, 0) is 67.9 Å². The molecule has 3 fully saturated rings. The van der Waals surface area contributed by atoms with E-state index in [-0.39, 0.29) is 42.3 Å². The van der Waals surface area contributed by atoms with E-state index in [2.05, 4.69) is 17.1 Å². The molecule has 3 aliphatic rings. The highest BCUT2D eigenvalue weighted by molar-refractivity contribution is 6.00. The van der Waals surface area contributed by atoms with Crippen LogP contribution in [0.4, 0.5) is 0 Å². The number of nitrogens with zero attached hydrogens (tertiary/aromatic N) is 2. The first-order valence-electron chi connectivity index (χ1n) is 16.4. The molecule has 0 unspecified atom stereocenters. The molecule has 5 rings (SSSR count). The molecule has 46 heavy (non-hydrogen) atoms. The number of aliphatic hydroxyl groups is 1. The molecule has 1 spiro atoms. The number of amides is 2. The van der Waals surface area contributed by atoms with Gasteiger partial charge in [-0.2, -0.15) is 0 Å². The van der Waals surface area contributed by atoms with Gasteiger partial charge in [0.15, 0.2) is 0 Å². The minimum atomic E-state index is -1.01. The molecule has 0 aromatic heterocycles. The van der Waals surface area contributed by atoms with Crippen molar-refractivity contribution in [3.05, 3.63) is 59.2 Å². The van der Waals surface area contributed by atoms with Gasteiger partial charge >= 0.3 is 5.97 Å². The van der Waals surface area contributed by atoms with Crippen molar-refractivity contribution in [3.8, 4) is 11.5 Å². The summed E-state index contributed by atoms with van der Waals surface area (Å²) < 4.78 is 11.3. The number of hydrogen-bond donors (Lipinski definition) is 3. The highest BCUT2D eigenvalue weighted by Crippen LogP contribution is 2.36. The number of aliphatic hydroxyl groups excluding tert-OH is 1. The van der Waals surface area contributed by atoms with Crippen molar-refractivity contribution in [1.82, 2.24) is 15.1 Å². The average molecular weight is 658 g/mol. The Hall–Kier alpha value is -3.34. The summed E-state index contributed by atoms with van der Waals surface area (Å²) in [6.07, 6.45) is 7.12. The zero-order valence-corrected chi connectivity index (χ0v) is 27.7. The summed E-state index contributed by atoms with van der Waals surface area (Å²) in [6, 6.07) is 11.7. The second-order valence-corrected chi connectivity index (χ2v) is 12.8. The molecule has 2 saturated heterocycles. The van der Waals surface area contributed by atoms with Crippen LogP contribution in [0.1, 0.15) is 86.2 Å². The summed E-state index contributed by atoms with van der Waals surface area (Å²) in [6.45, 7) is 4.95. The molecule has 0 bridgehead atoms. The third-order valence-electron chi connectivity index (χ3n) is 9.91. The van der Waals surface area contributed by atoms with Crippen LogP contribution in [0.3, 0.4) is 0 Å². The molecule has 2 aromatic rings. The van der Waals surface area contributed by atoms with Crippen molar-refractivity contribution in [3.63, 3.8) is 0 Å². The zero-order valence-electron chi connectivity index (χ0n) is 26.9. The largest absolute Gasteiger partial charge is 0.496 e. The zero-order chi connectivity index (χ0) is 32.0. The van der Waals surface area contributed by atoms with E-state index in [4.69, 9.17) is 9.47 Å². The maximum atomic E-state index is 13.9. The standard InChI is InChI=1S/C35H47N3O7.ClH/c1-3-4-18-38-32(40)30(31(39)25-8-6-5-7-9-25)36-34(43)35(38)16-19-37(20-17-35)22-24-10-14-28(15-11-24)45-23-27-13-12-26(33(41)42)21-29(27)44-2;/h10-15,21,25,30-31,39H,3-9,16-20,22-23H2,1-2H3,(H,36,43)(H,41,42);1H/t30-,31-;/m1./s1. The molecule has 2 heterocycles. The van der Waals surface area contributed by atoms with Crippen molar-refractivity contribution in [1.29, 1.82) is 0 Å². The third kappa shape index (κ3) is 7.78. The number of benzene rings is 2. The quantitative estimate of drug-likeness (QED) is 0.297. The van der Waals surface area contributed by atoms with Gasteiger partial charge in [-0.1, -0.05) is 50.8 Å². The van der Waals surface area contributed by atoms with Gasteiger partial charge in [-0.25, -0.2) is 4.79 Å². The Balaban J connectivity index is 0.00000480. The van der Waals surface area contributed by atoms with E-state index in [1.54, 1.807) is 6.07 Å². The number of hydrogen-bond acceptors (Lipinski definition) is 7. The van der Waals surface area contributed by atoms with E-state index in [1.165, 1.54) is 19.2 Å². The first-order valence-corrected chi connectivity index (χ1v) is 16.4. The van der Waals surface area contributed by atoms with Crippen LogP contribution in [0.5, 0.6) is 11.5 Å². The van der Waals surface area contributed by atoms with Gasteiger partial charge < -0.3 is 29.9 Å². The van der Waals surface area contributed by atoms with Gasteiger partial charge in [0, 0.05) is 31.7 Å². The fourth-order valence-corrected chi connectivity index (χ4v) is 7.14. The van der Waals surface area contributed by atoms with Crippen molar-refractivity contribution in [2.24, 2.45) is 5.92 Å². The van der Waals surface area contributed by atoms with Crippen LogP contribution in [0, 0.1) is 5.92 Å². The summed E-state index contributed by atoms with van der Waals surface area (Å²) in [4.78, 5) is 43.0. The summed E-state index contributed by atoms with van der Waals surface area (Å²) in [5, 5.41) is 23.4. The van der Waals surface area contributed by atoms with Crippen molar-refractivity contribution < 1.29 is 34.1 Å². The van der Waals surface area contributed by atoms with Crippen molar-refractivity contribution in [2.75, 3.05) is 26.7 Å². The topological polar surface area (TPSA) is 129 Å². The lowest BCUT2D eigenvalue weighted by Crippen LogP contribution is -2.75. The van der Waals surface area contributed by atoms with Crippen molar-refractivity contribution >= 4 is 30.2 Å². The Morgan fingerprint density at radius 3 is 2.39 bits per heavy atom. The molecular formula is C35H48ClN3O7. The first kappa shape index (κ1) is 35.5. The predicted molar refractivity (Wildman–Crippen MR) is 176 cm³/mol. The van der Waals surface area contributed by atoms with E-state index in [0.29, 0.717) is 50.5 Å². The first-order chi connectivity index (χ1) is 21.8. The molecule has 3 N–H and O–H groups in total. The minimum Gasteiger partial charge on any atom is -0.496 e. The lowest BCUT2D eigenvalue weighted by molar-refractivity contribution is -0.166. The number of piperidine rings is 1. The normalized spacial score (nSPS) is 20.9. The molecule has 10 nitrogen and oxygen atoms in total. The van der Waals surface area contributed by atoms with Crippen LogP contribution in [0.2, 0.25) is 0 Å². The summed E-state index contributed by atoms with van der Waals surface area (Å²) in [7, 11) is 1.50. The Morgan fingerprint density at radius 2 is 1.76 bits per heavy atom. The molecule has 2 aromatic carbocycles. The summed E-state index contributed by atoms with van der Waals surface area (Å²) in [5.41, 5.74) is 1.16. The summed E-state index contributed by atoms with van der Waals surface area (Å²) in [5.74, 6) is -0.0413. The number of carbonyl (C=O) groups is 3. The SMILES string of the molecule is CCCCN1C(=O)[C@@H]([C@H](O)C2CCCCC2)NC(=O)C12CCN(Cc1ccc(OCc3ccc(C(=O)O)cc3OC)cc1)CC2.Cl. The van der Waals surface area contributed by atoms with Gasteiger partial charge in [0.25, 0.3) is 0 Å². The van der Waals surface area contributed by atoms with Crippen LogP contribution in [0.25, 0.3) is 0 Å². The lowest BCUT2D eigenvalue weighted by atomic mass is 9.78. The molecule has 2 atom stereocenters. The smallest absolute Gasteiger partial charge is 0.335 e. The number of piperazine rings is 1. The molecule has 1 aliphatic carbocycles. The van der Waals surface area contributed by atoms with Crippen molar-refractivity contribution in [2.45, 2.75) is 95.5 Å². The molecule has 252 valence electrons. The Labute approximate surface area is 277 Å². The number of nitrogens with one attached hydrogen (secondary N) is 1. The number of aromatic carboxylic acids is 1. The number of carbonyl (C=O) groups excluding carboxylic acids is 2. The van der Waals surface area contributed by atoms with Gasteiger partial charge in [0.1, 0.15) is 29.7 Å². The second-order valence-electron chi connectivity index (χ2n) is 12.8. The number of likely N-dealkylation sites (tertiary alicyclic amines) is 1. The number of methoxy groups -OCH3 is 1. The fraction of sp³-hybridized carbons (Fsp3) is 0.571. The minimum absolute atomic E-state index is 0. The monoisotopic (exact) mass is 657 g/mol. The van der Waals surface area contributed by atoms with Crippen LogP contribution in [-0.2, 0) is 22.7 Å². The molecule has 1 saturated carbocycles. The maximum absolute atomic E-state index is 13.9.